The van der Waals surface area contributed by atoms with E-state index in [0.717, 1.165) is 0 Å². The molecule has 0 heterocycles. The molecule has 0 amide bonds. The molecule has 0 fully saturated rings. The fourth-order valence-corrected chi connectivity index (χ4v) is 1.14. The normalized spacial score (nSPS) is 9.93. The van der Waals surface area contributed by atoms with Gasteiger partial charge in [0.1, 0.15) is 12.2 Å². The Hall–Kier alpha value is -1.75. The second-order valence-electron chi connectivity index (χ2n) is 2.98. The third-order valence-electron chi connectivity index (χ3n) is 1.87. The summed E-state index contributed by atoms with van der Waals surface area (Å²) in [5.41, 5.74) is 6.06. The molecule has 0 saturated carbocycles. The topological polar surface area (TPSA) is 84.6 Å². The molecule has 15 heavy (non-hydrogen) atoms. The van der Waals surface area contributed by atoms with Gasteiger partial charge in [-0.3, -0.25) is 0 Å². The van der Waals surface area contributed by atoms with Gasteiger partial charge in [0.15, 0.2) is 5.75 Å². The van der Waals surface area contributed by atoms with Crippen molar-refractivity contribution in [1.29, 1.82) is 0 Å². The van der Waals surface area contributed by atoms with Gasteiger partial charge in [-0.15, -0.1) is 0 Å². The zero-order valence-electron chi connectivity index (χ0n) is 8.49. The van der Waals surface area contributed by atoms with Crippen molar-refractivity contribution in [1.82, 2.24) is 5.32 Å². The lowest BCUT2D eigenvalue weighted by molar-refractivity contribution is 0.0692. The van der Waals surface area contributed by atoms with Crippen LogP contribution < -0.4 is 15.8 Å². The van der Waals surface area contributed by atoms with Gasteiger partial charge in [-0.05, 0) is 19.2 Å². The molecule has 0 radical (unpaired) electrons. The summed E-state index contributed by atoms with van der Waals surface area (Å²) in [6, 6.07) is 4.66. The van der Waals surface area contributed by atoms with Crippen LogP contribution in [0.4, 0.5) is 5.69 Å². The highest BCUT2D eigenvalue weighted by atomic mass is 16.5. The van der Waals surface area contributed by atoms with Crippen molar-refractivity contribution < 1.29 is 14.6 Å². The molecule has 0 bridgehead atoms. The predicted octanol–water partition coefficient (Wildman–Crippen LogP) is 0.565. The maximum atomic E-state index is 10.9. The van der Waals surface area contributed by atoms with Crippen molar-refractivity contribution in [2.45, 2.75) is 0 Å². The summed E-state index contributed by atoms with van der Waals surface area (Å²) >= 11 is 0. The highest BCUT2D eigenvalue weighted by Gasteiger charge is 2.13. The highest BCUT2D eigenvalue weighted by molar-refractivity contribution is 5.93. The number of hydrogen-bond acceptors (Lipinski definition) is 4. The number of ether oxygens (including phenoxy) is 1. The Morgan fingerprint density at radius 2 is 2.33 bits per heavy atom. The number of nitrogens with two attached hydrogens (primary N) is 1. The van der Waals surface area contributed by atoms with Gasteiger partial charge >= 0.3 is 5.97 Å². The molecule has 0 saturated heterocycles. The molecule has 4 N–H and O–H groups in total. The second kappa shape index (κ2) is 5.21. The van der Waals surface area contributed by atoms with Gasteiger partial charge in [0.2, 0.25) is 0 Å². The SMILES string of the molecule is CNCCOc1c(N)cccc1C(=O)O. The Morgan fingerprint density at radius 3 is 2.93 bits per heavy atom. The van der Waals surface area contributed by atoms with Crippen LogP contribution in [0.3, 0.4) is 0 Å². The Labute approximate surface area is 87.9 Å². The number of likely N-dealkylation sites (N-methyl/N-ethyl adjacent to an activating group) is 1. The molecule has 5 heteroatoms. The number of rotatable bonds is 5. The number of para-hydroxylation sites is 1. The third-order valence-corrected chi connectivity index (χ3v) is 1.87. The monoisotopic (exact) mass is 210 g/mol. The van der Waals surface area contributed by atoms with E-state index < -0.39 is 5.97 Å². The van der Waals surface area contributed by atoms with Crippen LogP contribution in [0.5, 0.6) is 5.75 Å². The fourth-order valence-electron chi connectivity index (χ4n) is 1.14. The minimum Gasteiger partial charge on any atom is -0.489 e. The summed E-state index contributed by atoms with van der Waals surface area (Å²) in [4.78, 5) is 10.9. The third kappa shape index (κ3) is 2.85. The first-order valence-electron chi connectivity index (χ1n) is 4.56. The minimum absolute atomic E-state index is 0.0890. The standard InChI is InChI=1S/C10H14N2O3/c1-12-5-6-15-9-7(10(13)14)3-2-4-8(9)11/h2-4,12H,5-6,11H2,1H3,(H,13,14). The molecule has 0 aliphatic rings. The van der Waals surface area contributed by atoms with Crippen molar-refractivity contribution in [2.24, 2.45) is 0 Å². The lowest BCUT2D eigenvalue weighted by atomic mass is 10.2. The van der Waals surface area contributed by atoms with E-state index in [-0.39, 0.29) is 11.3 Å². The molecule has 0 aromatic heterocycles. The van der Waals surface area contributed by atoms with Crippen LogP contribution in [0.2, 0.25) is 0 Å². The number of aromatic carboxylic acids is 1. The first kappa shape index (κ1) is 11.3. The van der Waals surface area contributed by atoms with Crippen molar-refractivity contribution in [3.63, 3.8) is 0 Å². The van der Waals surface area contributed by atoms with E-state index >= 15 is 0 Å². The van der Waals surface area contributed by atoms with Crippen LogP contribution in [-0.2, 0) is 0 Å². The van der Waals surface area contributed by atoms with E-state index in [1.54, 1.807) is 19.2 Å². The second-order valence-corrected chi connectivity index (χ2v) is 2.98. The van der Waals surface area contributed by atoms with Gasteiger partial charge in [-0.1, -0.05) is 6.07 Å². The molecule has 0 aliphatic carbocycles. The summed E-state index contributed by atoms with van der Waals surface area (Å²) in [5, 5.41) is 11.8. The molecule has 82 valence electrons. The minimum atomic E-state index is -1.04. The number of carbonyl (C=O) groups is 1. The van der Waals surface area contributed by atoms with Gasteiger partial charge in [0.25, 0.3) is 0 Å². The Bertz CT molecular complexity index is 353. The van der Waals surface area contributed by atoms with Gasteiger partial charge < -0.3 is 20.9 Å². The Morgan fingerprint density at radius 1 is 1.60 bits per heavy atom. The van der Waals surface area contributed by atoms with Crippen LogP contribution in [0.25, 0.3) is 0 Å². The first-order valence-corrected chi connectivity index (χ1v) is 4.56. The molecule has 0 aliphatic heterocycles. The molecule has 0 atom stereocenters. The highest BCUT2D eigenvalue weighted by Crippen LogP contribution is 2.26. The molecule has 1 aromatic rings. The number of benzene rings is 1. The van der Waals surface area contributed by atoms with Gasteiger partial charge in [-0.25, -0.2) is 4.79 Å². The van der Waals surface area contributed by atoms with Crippen LogP contribution >= 0.6 is 0 Å². The molecule has 5 nitrogen and oxygen atoms in total. The van der Waals surface area contributed by atoms with E-state index in [2.05, 4.69) is 5.32 Å². The van der Waals surface area contributed by atoms with Crippen molar-refractivity contribution in [3.8, 4) is 5.75 Å². The summed E-state index contributed by atoms with van der Waals surface area (Å²) in [7, 11) is 1.79. The molecule has 0 spiro atoms. The van der Waals surface area contributed by atoms with E-state index in [4.69, 9.17) is 15.6 Å². The van der Waals surface area contributed by atoms with E-state index in [0.29, 0.717) is 18.8 Å². The van der Waals surface area contributed by atoms with Crippen LogP contribution in [-0.4, -0.2) is 31.3 Å². The van der Waals surface area contributed by atoms with E-state index in [1.165, 1.54) is 6.07 Å². The van der Waals surface area contributed by atoms with E-state index in [9.17, 15) is 4.79 Å². The maximum Gasteiger partial charge on any atom is 0.339 e. The van der Waals surface area contributed by atoms with Gasteiger partial charge in [0.05, 0.1) is 5.69 Å². The van der Waals surface area contributed by atoms with Crippen LogP contribution in [0.15, 0.2) is 18.2 Å². The Balaban J connectivity index is 2.87. The molecule has 1 rings (SSSR count). The van der Waals surface area contributed by atoms with Crippen molar-refractivity contribution >= 4 is 11.7 Å². The summed E-state index contributed by atoms with van der Waals surface area (Å²) in [6.07, 6.45) is 0. The molecular formula is C10H14N2O3. The van der Waals surface area contributed by atoms with Gasteiger partial charge in [-0.2, -0.15) is 0 Å². The number of anilines is 1. The lowest BCUT2D eigenvalue weighted by Crippen LogP contribution is -2.17. The molecular weight excluding hydrogens is 196 g/mol. The van der Waals surface area contributed by atoms with Gasteiger partial charge in [0, 0.05) is 6.54 Å². The number of nitrogens with one attached hydrogen (secondary N) is 1. The van der Waals surface area contributed by atoms with Crippen molar-refractivity contribution in [2.75, 3.05) is 25.9 Å². The summed E-state index contributed by atoms with van der Waals surface area (Å²) < 4.78 is 5.30. The average Bonchev–Trinajstić information content (AvgIpc) is 2.20. The summed E-state index contributed by atoms with van der Waals surface area (Å²) in [6.45, 7) is 1.01. The maximum absolute atomic E-state index is 10.9. The number of hydrogen-bond donors (Lipinski definition) is 3. The fraction of sp³-hybridized carbons (Fsp3) is 0.300. The van der Waals surface area contributed by atoms with E-state index in [1.807, 2.05) is 0 Å². The van der Waals surface area contributed by atoms with Crippen molar-refractivity contribution in [3.05, 3.63) is 23.8 Å². The Kier molecular flexibility index (Phi) is 3.93. The quantitative estimate of drug-likeness (QED) is 0.488. The summed E-state index contributed by atoms with van der Waals surface area (Å²) in [5.74, 6) is -0.804. The zero-order chi connectivity index (χ0) is 11.3. The number of carboxylic acids is 1. The molecule has 1 aromatic carbocycles. The average molecular weight is 210 g/mol. The zero-order valence-corrected chi connectivity index (χ0v) is 8.49. The number of nitrogen functional groups attached to an aromatic ring is 1. The molecule has 0 unspecified atom stereocenters. The van der Waals surface area contributed by atoms with Crippen LogP contribution in [0.1, 0.15) is 10.4 Å². The predicted molar refractivity (Wildman–Crippen MR) is 57.2 cm³/mol. The smallest absolute Gasteiger partial charge is 0.339 e. The van der Waals surface area contributed by atoms with Crippen LogP contribution in [0, 0.1) is 0 Å². The largest absolute Gasteiger partial charge is 0.489 e. The first-order chi connectivity index (χ1) is 7.16. The number of carboxylic acid groups (broad SMARTS) is 1. The lowest BCUT2D eigenvalue weighted by Gasteiger charge is -2.10.